The van der Waals surface area contributed by atoms with E-state index in [-0.39, 0.29) is 6.04 Å². The van der Waals surface area contributed by atoms with Gasteiger partial charge in [-0.25, -0.2) is 0 Å². The van der Waals surface area contributed by atoms with Crippen LogP contribution < -0.4 is 14.8 Å². The molecule has 1 N–H and O–H groups in total. The van der Waals surface area contributed by atoms with E-state index < -0.39 is 0 Å². The molecule has 0 bridgehead atoms. The number of pyridine rings is 1. The summed E-state index contributed by atoms with van der Waals surface area (Å²) >= 11 is 0. The lowest BCUT2D eigenvalue weighted by molar-refractivity contribution is 0.288. The first kappa shape index (κ1) is 17.3. The number of aromatic nitrogens is 1. The van der Waals surface area contributed by atoms with Gasteiger partial charge < -0.3 is 14.8 Å². The number of methoxy groups -OCH3 is 1. The van der Waals surface area contributed by atoms with Crippen LogP contribution in [0.5, 0.6) is 11.5 Å². The minimum Gasteiger partial charge on any atom is -0.493 e. The highest BCUT2D eigenvalue weighted by Gasteiger charge is 2.10. The summed E-state index contributed by atoms with van der Waals surface area (Å²) < 4.78 is 11.2. The van der Waals surface area contributed by atoms with E-state index in [2.05, 4.69) is 30.2 Å². The number of nitrogens with zero attached hydrogens (tertiary/aromatic N) is 1. The third kappa shape index (κ3) is 5.25. The summed E-state index contributed by atoms with van der Waals surface area (Å²) in [7, 11) is 1.68. The summed E-state index contributed by atoms with van der Waals surface area (Å²) in [5.74, 6) is 1.60. The topological polar surface area (TPSA) is 43.4 Å². The fraction of sp³-hybridized carbons (Fsp3) is 0.421. The lowest BCUT2D eigenvalue weighted by Gasteiger charge is -2.17. The molecule has 0 spiro atoms. The Morgan fingerprint density at radius 3 is 2.61 bits per heavy atom. The van der Waals surface area contributed by atoms with Gasteiger partial charge in [0.1, 0.15) is 0 Å². The van der Waals surface area contributed by atoms with Gasteiger partial charge in [-0.05, 0) is 48.7 Å². The Bertz CT molecular complexity index is 587. The summed E-state index contributed by atoms with van der Waals surface area (Å²) in [5.41, 5.74) is 2.40. The molecule has 0 fully saturated rings. The Morgan fingerprint density at radius 1 is 1.13 bits per heavy atom. The van der Waals surface area contributed by atoms with Crippen molar-refractivity contribution in [3.05, 3.63) is 53.9 Å². The fourth-order valence-electron chi connectivity index (χ4n) is 2.29. The molecule has 1 atom stereocenters. The van der Waals surface area contributed by atoms with Gasteiger partial charge in [-0.3, -0.25) is 4.98 Å². The van der Waals surface area contributed by atoms with Crippen LogP contribution >= 0.6 is 0 Å². The van der Waals surface area contributed by atoms with Gasteiger partial charge in [0, 0.05) is 25.0 Å². The van der Waals surface area contributed by atoms with E-state index in [1.54, 1.807) is 7.11 Å². The lowest BCUT2D eigenvalue weighted by atomic mass is 10.1. The molecule has 0 aliphatic heterocycles. The standard InChI is InChI=1S/C19H26N2O2/c1-4-5-12-23-18-7-6-17(13-19(18)22-3)15(2)21-14-16-8-10-20-11-9-16/h6-11,13,15,21H,4-5,12,14H2,1-3H3. The first-order chi connectivity index (χ1) is 11.2. The molecule has 1 heterocycles. The molecule has 23 heavy (non-hydrogen) atoms. The molecule has 0 saturated carbocycles. The number of hydrogen-bond acceptors (Lipinski definition) is 4. The van der Waals surface area contributed by atoms with Crippen molar-refractivity contribution in [1.29, 1.82) is 0 Å². The third-order valence-electron chi connectivity index (χ3n) is 3.80. The van der Waals surface area contributed by atoms with E-state index in [0.29, 0.717) is 0 Å². The number of rotatable bonds is 9. The molecule has 0 amide bonds. The van der Waals surface area contributed by atoms with Gasteiger partial charge in [-0.2, -0.15) is 0 Å². The van der Waals surface area contributed by atoms with Gasteiger partial charge >= 0.3 is 0 Å². The van der Waals surface area contributed by atoms with Crippen molar-refractivity contribution >= 4 is 0 Å². The van der Waals surface area contributed by atoms with E-state index in [1.165, 1.54) is 11.1 Å². The van der Waals surface area contributed by atoms with Crippen LogP contribution in [-0.4, -0.2) is 18.7 Å². The quantitative estimate of drug-likeness (QED) is 0.707. The van der Waals surface area contributed by atoms with Crippen molar-refractivity contribution in [2.45, 2.75) is 39.3 Å². The number of ether oxygens (including phenoxy) is 2. The minimum absolute atomic E-state index is 0.224. The highest BCUT2D eigenvalue weighted by molar-refractivity contribution is 5.43. The van der Waals surface area contributed by atoms with Crippen LogP contribution in [0.3, 0.4) is 0 Å². The molecule has 1 aromatic carbocycles. The zero-order valence-corrected chi connectivity index (χ0v) is 14.2. The summed E-state index contributed by atoms with van der Waals surface area (Å²) in [6, 6.07) is 10.4. The molecule has 0 saturated heterocycles. The Balaban J connectivity index is 1.98. The molecule has 0 aliphatic rings. The van der Waals surface area contributed by atoms with E-state index >= 15 is 0 Å². The molecule has 124 valence electrons. The highest BCUT2D eigenvalue weighted by Crippen LogP contribution is 2.30. The van der Waals surface area contributed by atoms with Gasteiger partial charge in [0.05, 0.1) is 13.7 Å². The maximum absolute atomic E-state index is 5.78. The summed E-state index contributed by atoms with van der Waals surface area (Å²) in [6.45, 7) is 5.83. The summed E-state index contributed by atoms with van der Waals surface area (Å²) in [6.07, 6.45) is 5.80. The molecule has 4 heteroatoms. The zero-order valence-electron chi connectivity index (χ0n) is 14.2. The average Bonchev–Trinajstić information content (AvgIpc) is 2.61. The number of benzene rings is 1. The Hall–Kier alpha value is -2.07. The maximum Gasteiger partial charge on any atom is 0.161 e. The second-order valence-electron chi connectivity index (χ2n) is 5.57. The molecular formula is C19H26N2O2. The normalized spacial score (nSPS) is 12.0. The van der Waals surface area contributed by atoms with Crippen LogP contribution in [0.2, 0.25) is 0 Å². The van der Waals surface area contributed by atoms with E-state index in [9.17, 15) is 0 Å². The van der Waals surface area contributed by atoms with E-state index in [1.807, 2.05) is 36.7 Å². The maximum atomic E-state index is 5.78. The molecular weight excluding hydrogens is 288 g/mol. The van der Waals surface area contributed by atoms with Gasteiger partial charge in [-0.15, -0.1) is 0 Å². The van der Waals surface area contributed by atoms with E-state index in [0.717, 1.165) is 37.5 Å². The van der Waals surface area contributed by atoms with Crippen molar-refractivity contribution in [2.75, 3.05) is 13.7 Å². The molecule has 1 unspecified atom stereocenters. The Kier molecular flexibility index (Phi) is 6.88. The van der Waals surface area contributed by atoms with Crippen LogP contribution in [0.15, 0.2) is 42.7 Å². The van der Waals surface area contributed by atoms with Crippen molar-refractivity contribution in [3.8, 4) is 11.5 Å². The second kappa shape index (κ2) is 9.16. The predicted octanol–water partition coefficient (Wildman–Crippen LogP) is 4.12. The zero-order chi connectivity index (χ0) is 16.5. The number of hydrogen-bond donors (Lipinski definition) is 1. The average molecular weight is 314 g/mol. The van der Waals surface area contributed by atoms with Gasteiger partial charge in [0.25, 0.3) is 0 Å². The molecule has 2 rings (SSSR count). The molecule has 0 aliphatic carbocycles. The van der Waals surface area contributed by atoms with Crippen molar-refractivity contribution in [1.82, 2.24) is 10.3 Å². The summed E-state index contributed by atoms with van der Waals surface area (Å²) in [4.78, 5) is 4.04. The van der Waals surface area contributed by atoms with E-state index in [4.69, 9.17) is 9.47 Å². The first-order valence-electron chi connectivity index (χ1n) is 8.17. The molecule has 0 radical (unpaired) electrons. The van der Waals surface area contributed by atoms with Gasteiger partial charge in [0.15, 0.2) is 11.5 Å². The fourth-order valence-corrected chi connectivity index (χ4v) is 2.29. The monoisotopic (exact) mass is 314 g/mol. The minimum atomic E-state index is 0.224. The highest BCUT2D eigenvalue weighted by atomic mass is 16.5. The van der Waals surface area contributed by atoms with Crippen LogP contribution in [0, 0.1) is 0 Å². The molecule has 1 aromatic heterocycles. The number of unbranched alkanes of at least 4 members (excludes halogenated alkanes) is 1. The van der Waals surface area contributed by atoms with Crippen molar-refractivity contribution < 1.29 is 9.47 Å². The SMILES string of the molecule is CCCCOc1ccc(C(C)NCc2ccncc2)cc1OC. The molecule has 4 nitrogen and oxygen atoms in total. The molecule has 2 aromatic rings. The van der Waals surface area contributed by atoms with Gasteiger partial charge in [-0.1, -0.05) is 19.4 Å². The third-order valence-corrected chi connectivity index (χ3v) is 3.80. The van der Waals surface area contributed by atoms with Crippen molar-refractivity contribution in [3.63, 3.8) is 0 Å². The number of nitrogens with one attached hydrogen (secondary N) is 1. The van der Waals surface area contributed by atoms with Crippen LogP contribution in [-0.2, 0) is 6.54 Å². The first-order valence-corrected chi connectivity index (χ1v) is 8.17. The predicted molar refractivity (Wildman–Crippen MR) is 92.9 cm³/mol. The van der Waals surface area contributed by atoms with Gasteiger partial charge in [0.2, 0.25) is 0 Å². The Labute approximate surface area is 138 Å². The van der Waals surface area contributed by atoms with Crippen LogP contribution in [0.1, 0.15) is 43.9 Å². The lowest BCUT2D eigenvalue weighted by Crippen LogP contribution is -2.18. The summed E-state index contributed by atoms with van der Waals surface area (Å²) in [5, 5.41) is 3.51. The van der Waals surface area contributed by atoms with Crippen LogP contribution in [0.25, 0.3) is 0 Å². The van der Waals surface area contributed by atoms with Crippen molar-refractivity contribution in [2.24, 2.45) is 0 Å². The Morgan fingerprint density at radius 2 is 1.91 bits per heavy atom. The smallest absolute Gasteiger partial charge is 0.161 e. The second-order valence-corrected chi connectivity index (χ2v) is 5.57. The van der Waals surface area contributed by atoms with Crippen LogP contribution in [0.4, 0.5) is 0 Å². The largest absolute Gasteiger partial charge is 0.493 e.